The molecule has 0 aromatic carbocycles. The fourth-order valence-electron chi connectivity index (χ4n) is 8.59. The van der Waals surface area contributed by atoms with Gasteiger partial charge in [-0.1, -0.05) is 59.4 Å². The molecule has 0 saturated heterocycles. The Balaban J connectivity index is 3.94. The Morgan fingerprint density at radius 1 is 0.304 bits per heavy atom. The minimum Gasteiger partial charge on any atom is -0.379 e. The molecule has 544 valence electrons. The minimum atomic E-state index is 0.207. The van der Waals surface area contributed by atoms with Crippen molar-refractivity contribution >= 4 is 118 Å². The highest BCUT2D eigenvalue weighted by Gasteiger charge is 2.17. The fraction of sp³-hybridized carbons (Fsp3) is 0.912. The van der Waals surface area contributed by atoms with Crippen LogP contribution in [0.1, 0.15) is 145 Å². The van der Waals surface area contributed by atoms with Crippen LogP contribution in [0.4, 0.5) is 0 Å². The van der Waals surface area contributed by atoms with Gasteiger partial charge in [0.05, 0.1) is 99.1 Å². The number of rotatable bonds is 77. The normalized spacial score (nSPS) is 11.6. The monoisotopic (exact) mass is 1450 g/mol. The first-order chi connectivity index (χ1) is 45.8. The molecule has 92 heavy (non-hydrogen) atoms. The number of hydrogen-bond donors (Lipinski definition) is 0. The number of thioether (sulfide) groups is 8. The lowest BCUT2D eigenvalue weighted by Gasteiger charge is -2.23. The maximum atomic E-state index is 13.2. The van der Waals surface area contributed by atoms with Gasteiger partial charge in [-0.3, -0.25) is 19.2 Å². The van der Waals surface area contributed by atoms with Gasteiger partial charge in [-0.2, -0.15) is 94.1 Å². The molecule has 0 aliphatic carbocycles. The second-order valence-electron chi connectivity index (χ2n) is 21.7. The summed E-state index contributed by atoms with van der Waals surface area (Å²) < 4.78 is 53.1. The lowest BCUT2D eigenvalue weighted by molar-refractivity contribution is -0.132. The molecule has 4 amide bonds. The Kier molecular flexibility index (Phi) is 75.3. The summed E-state index contributed by atoms with van der Waals surface area (Å²) in [5.74, 6) is 16.0. The first kappa shape index (κ1) is 90.1. The highest BCUT2D eigenvalue weighted by atomic mass is 32.2. The first-order valence-corrected chi connectivity index (χ1v) is 44.3. The molecule has 0 bridgehead atoms. The van der Waals surface area contributed by atoms with E-state index in [4.69, 9.17) is 39.3 Å². The van der Waals surface area contributed by atoms with Crippen molar-refractivity contribution in [3.63, 3.8) is 0 Å². The van der Waals surface area contributed by atoms with Gasteiger partial charge in [0.2, 0.25) is 23.6 Å². The molecule has 0 N–H and O–H groups in total. The van der Waals surface area contributed by atoms with E-state index in [1.54, 1.807) is 41.4 Å². The van der Waals surface area contributed by atoms with E-state index < -0.39 is 0 Å². The van der Waals surface area contributed by atoms with E-state index in [0.29, 0.717) is 151 Å². The van der Waals surface area contributed by atoms with E-state index in [1.165, 1.54) is 24.3 Å². The van der Waals surface area contributed by atoms with Gasteiger partial charge in [0, 0.05) is 144 Å². The molecule has 24 heteroatoms. The number of carbonyl (C=O) groups excluding carboxylic acids is 4. The standard InChI is InChI=1S/C68H132N4O12S8/c1-7-13-27-69(26-11-5)65(73)23-56-90-62-46-82-40-37-79-43-59-87-52-19-30-70(28-14-8-2)66(74)24-57-91-63-47-83-41-38-80-44-60-88-53-20-31-71(29-15-9-3)67(75)25-58-92-64-48-84-42-39-81-45-61-89-54-21-32-72(33-34-78-36-35-77-12-6)68(76)22-55-86-51-18-17-50-85-49-16-10-4/h11H,5,7-10,12-64H2,1-4,6H3/i4D. The molecule has 0 spiro atoms. The van der Waals surface area contributed by atoms with Gasteiger partial charge >= 0.3 is 0 Å². The molecule has 0 heterocycles. The quantitative estimate of drug-likeness (QED) is 0.0418. The van der Waals surface area contributed by atoms with Crippen LogP contribution in [-0.2, 0) is 57.1 Å². The van der Waals surface area contributed by atoms with Crippen LogP contribution in [0.2, 0.25) is 0 Å². The molecule has 0 aromatic rings. The summed E-state index contributed by atoms with van der Waals surface area (Å²) >= 11 is 14.8. The summed E-state index contributed by atoms with van der Waals surface area (Å²) in [5.41, 5.74) is 0. The topological polar surface area (TPSA) is 155 Å². The fourth-order valence-corrected chi connectivity index (χ4v) is 15.1. The maximum absolute atomic E-state index is 13.2. The van der Waals surface area contributed by atoms with Gasteiger partial charge in [0.1, 0.15) is 0 Å². The molecule has 0 rings (SSSR count). The molecule has 0 unspecified atom stereocenters. The van der Waals surface area contributed by atoms with Crippen molar-refractivity contribution in [2.45, 2.75) is 144 Å². The van der Waals surface area contributed by atoms with Crippen molar-refractivity contribution in [2.75, 3.05) is 250 Å². The molecule has 0 atom stereocenters. The molecule has 0 radical (unpaired) electrons. The minimum absolute atomic E-state index is 0.207. The zero-order valence-corrected chi connectivity index (χ0v) is 64.8. The summed E-state index contributed by atoms with van der Waals surface area (Å²) in [7, 11) is 0. The van der Waals surface area contributed by atoms with Crippen molar-refractivity contribution in [3.8, 4) is 0 Å². The average Bonchev–Trinajstić information content (AvgIpc) is 3.78. The van der Waals surface area contributed by atoms with E-state index in [-0.39, 0.29) is 23.6 Å². The van der Waals surface area contributed by atoms with Gasteiger partial charge < -0.3 is 57.5 Å². The van der Waals surface area contributed by atoms with Gasteiger partial charge in [-0.05, 0) is 99.2 Å². The smallest absolute Gasteiger partial charge is 0.223 e. The Morgan fingerprint density at radius 3 is 0.924 bits per heavy atom. The van der Waals surface area contributed by atoms with Crippen molar-refractivity contribution in [1.82, 2.24) is 19.6 Å². The average molecular weight is 1460 g/mol. The highest BCUT2D eigenvalue weighted by Crippen LogP contribution is 2.15. The first-order valence-electron chi connectivity index (χ1n) is 35.7. The van der Waals surface area contributed by atoms with Crippen molar-refractivity contribution in [2.24, 2.45) is 0 Å². The zero-order chi connectivity index (χ0) is 67.7. The van der Waals surface area contributed by atoms with Crippen LogP contribution in [0, 0.1) is 0 Å². The zero-order valence-electron chi connectivity index (χ0n) is 59.3. The van der Waals surface area contributed by atoms with Gasteiger partial charge in [0.15, 0.2) is 0 Å². The van der Waals surface area contributed by atoms with Crippen LogP contribution in [0.15, 0.2) is 12.7 Å². The van der Waals surface area contributed by atoms with Crippen LogP contribution in [0.25, 0.3) is 0 Å². The molecular formula is C68H132N4O12S8. The Morgan fingerprint density at radius 2 is 0.576 bits per heavy atom. The number of ether oxygens (including phenoxy) is 8. The number of amides is 4. The van der Waals surface area contributed by atoms with Crippen LogP contribution in [0.3, 0.4) is 0 Å². The van der Waals surface area contributed by atoms with E-state index in [1.807, 2.05) is 75.5 Å². The Labute approximate surface area is 597 Å². The molecule has 0 aliphatic rings. The lowest BCUT2D eigenvalue weighted by atomic mass is 10.2. The third kappa shape index (κ3) is 64.8. The number of hydrogen-bond acceptors (Lipinski definition) is 20. The summed E-state index contributed by atoms with van der Waals surface area (Å²) in [6.07, 6.45) is 17.8. The summed E-state index contributed by atoms with van der Waals surface area (Å²) in [6.45, 7) is 28.7. The lowest BCUT2D eigenvalue weighted by Crippen LogP contribution is -2.35. The second-order valence-corrected chi connectivity index (χ2v) is 31.5. The molecule has 0 saturated carbocycles. The van der Waals surface area contributed by atoms with E-state index in [2.05, 4.69) is 37.1 Å². The predicted molar refractivity (Wildman–Crippen MR) is 409 cm³/mol. The molecule has 16 nitrogen and oxygen atoms in total. The van der Waals surface area contributed by atoms with Gasteiger partial charge in [-0.15, -0.1) is 6.58 Å². The second kappa shape index (κ2) is 76.8. The third-order valence-electron chi connectivity index (χ3n) is 13.9. The largest absolute Gasteiger partial charge is 0.379 e. The van der Waals surface area contributed by atoms with Gasteiger partial charge in [0.25, 0.3) is 0 Å². The summed E-state index contributed by atoms with van der Waals surface area (Å²) in [5, 5.41) is 0. The summed E-state index contributed by atoms with van der Waals surface area (Å²) in [4.78, 5) is 59.9. The summed E-state index contributed by atoms with van der Waals surface area (Å²) in [6, 6.07) is 0. The van der Waals surface area contributed by atoms with Crippen LogP contribution >= 0.6 is 94.1 Å². The third-order valence-corrected chi connectivity index (χ3v) is 22.1. The maximum Gasteiger partial charge on any atom is 0.223 e. The van der Waals surface area contributed by atoms with Crippen LogP contribution < -0.4 is 0 Å². The SMILES string of the molecule is [2H]CCCCSCCCCSCCC(=O)N(CCCSCCOCCOCCSCCC(=O)N(CCCC)CCCSCCOCCOCCSCCC(=O)N(CCCC)CCCSCCOCCOCCSCCC(=O)N(CC=C)CCCC)CCOCCOCC. The van der Waals surface area contributed by atoms with Crippen molar-refractivity contribution < 1.29 is 58.4 Å². The number of unbranched alkanes of at least 4 members (excludes halogenated alkanes) is 5. The van der Waals surface area contributed by atoms with E-state index in [0.717, 1.165) is 190 Å². The van der Waals surface area contributed by atoms with Gasteiger partial charge in [-0.25, -0.2) is 0 Å². The van der Waals surface area contributed by atoms with E-state index in [9.17, 15) is 19.2 Å². The Bertz CT molecular complexity index is 1640. The predicted octanol–water partition coefficient (Wildman–Crippen LogP) is 13.2. The molecular weight excluding hydrogens is 1320 g/mol. The molecule has 0 fully saturated rings. The molecule has 0 aliphatic heterocycles. The van der Waals surface area contributed by atoms with Crippen molar-refractivity contribution in [1.29, 1.82) is 0 Å². The van der Waals surface area contributed by atoms with Crippen LogP contribution in [0.5, 0.6) is 0 Å². The number of nitrogens with zero attached hydrogens (tertiary/aromatic N) is 4. The Hall–Kier alpha value is 0.1000. The van der Waals surface area contributed by atoms with Crippen molar-refractivity contribution in [3.05, 3.63) is 12.7 Å². The highest BCUT2D eigenvalue weighted by molar-refractivity contribution is 8.00. The molecule has 0 aromatic heterocycles. The van der Waals surface area contributed by atoms with Crippen LogP contribution in [-0.4, -0.2) is 293 Å². The number of carbonyl (C=O) groups is 4. The van der Waals surface area contributed by atoms with E-state index >= 15 is 0 Å².